The molecule has 0 aliphatic carbocycles. The summed E-state index contributed by atoms with van der Waals surface area (Å²) >= 11 is 7.37. The Morgan fingerprint density at radius 2 is 1.85 bits per heavy atom. The van der Waals surface area contributed by atoms with Crippen LogP contribution < -0.4 is 14.2 Å². The largest absolute Gasteiger partial charge is 0.490 e. The average molecular weight is 401 g/mol. The molecule has 0 saturated carbocycles. The van der Waals surface area contributed by atoms with E-state index in [4.69, 9.17) is 31.1 Å². The number of benzene rings is 2. The van der Waals surface area contributed by atoms with Crippen LogP contribution in [0.2, 0.25) is 5.02 Å². The lowest BCUT2D eigenvalue weighted by molar-refractivity contribution is 0.265. The number of hydrogen-bond acceptors (Lipinski definition) is 6. The van der Waals surface area contributed by atoms with E-state index in [0.29, 0.717) is 41.9 Å². The molecule has 3 rings (SSSR count). The molecular weight excluding hydrogens is 384 g/mol. The summed E-state index contributed by atoms with van der Waals surface area (Å²) in [5.41, 5.74) is 1.34. The van der Waals surface area contributed by atoms with E-state index < -0.39 is 0 Å². The van der Waals surface area contributed by atoms with Crippen molar-refractivity contribution in [2.45, 2.75) is 20.1 Å². The number of rotatable bonds is 8. The molecule has 0 N–H and O–H groups in total. The van der Waals surface area contributed by atoms with Gasteiger partial charge in [0.2, 0.25) is 0 Å². The van der Waals surface area contributed by atoms with Gasteiger partial charge in [-0.3, -0.25) is 0 Å². The summed E-state index contributed by atoms with van der Waals surface area (Å²) < 4.78 is 17.1. The van der Waals surface area contributed by atoms with Gasteiger partial charge in [0.15, 0.2) is 11.5 Å². The van der Waals surface area contributed by atoms with Crippen molar-refractivity contribution in [2.24, 2.45) is 0 Å². The van der Waals surface area contributed by atoms with Crippen molar-refractivity contribution in [1.29, 1.82) is 5.26 Å². The van der Waals surface area contributed by atoms with E-state index in [1.807, 2.05) is 24.4 Å². The van der Waals surface area contributed by atoms with Crippen LogP contribution >= 0.6 is 22.9 Å². The minimum absolute atomic E-state index is 0.309. The highest BCUT2D eigenvalue weighted by atomic mass is 35.5. The molecule has 0 aliphatic rings. The van der Waals surface area contributed by atoms with Crippen molar-refractivity contribution in [3.63, 3.8) is 0 Å². The Bertz CT molecular complexity index is 935. The first-order valence-corrected chi connectivity index (χ1v) is 9.55. The van der Waals surface area contributed by atoms with E-state index in [2.05, 4.69) is 11.1 Å². The van der Waals surface area contributed by atoms with Crippen molar-refractivity contribution in [3.8, 4) is 23.3 Å². The molecule has 0 radical (unpaired) electrons. The number of ether oxygens (including phenoxy) is 3. The van der Waals surface area contributed by atoms with Crippen LogP contribution in [0.4, 0.5) is 0 Å². The van der Waals surface area contributed by atoms with Crippen molar-refractivity contribution < 1.29 is 14.2 Å². The Morgan fingerprint density at radius 1 is 1.04 bits per heavy atom. The third-order valence-corrected chi connectivity index (χ3v) is 4.65. The van der Waals surface area contributed by atoms with Crippen LogP contribution in [0.1, 0.15) is 23.2 Å². The zero-order chi connectivity index (χ0) is 19.1. The SMILES string of the molecule is CCOc1cc(C#N)ccc1OCc1csc(COc2ccc(Cl)cc2)n1. The first-order valence-electron chi connectivity index (χ1n) is 8.29. The van der Waals surface area contributed by atoms with Gasteiger partial charge in [0.1, 0.15) is 24.0 Å². The second-order valence-corrected chi connectivity index (χ2v) is 6.85. The first-order chi connectivity index (χ1) is 13.2. The molecule has 0 spiro atoms. The van der Waals surface area contributed by atoms with E-state index in [-0.39, 0.29) is 0 Å². The van der Waals surface area contributed by atoms with Gasteiger partial charge < -0.3 is 14.2 Å². The molecule has 0 amide bonds. The van der Waals surface area contributed by atoms with Crippen molar-refractivity contribution in [2.75, 3.05) is 6.61 Å². The monoisotopic (exact) mass is 400 g/mol. The predicted molar refractivity (Wildman–Crippen MR) is 105 cm³/mol. The van der Waals surface area contributed by atoms with Gasteiger partial charge in [-0.2, -0.15) is 5.26 Å². The highest BCUT2D eigenvalue weighted by Crippen LogP contribution is 2.29. The van der Waals surface area contributed by atoms with Gasteiger partial charge in [-0.1, -0.05) is 11.6 Å². The number of nitrogens with zero attached hydrogens (tertiary/aromatic N) is 2. The molecule has 0 unspecified atom stereocenters. The number of thiazole rings is 1. The van der Waals surface area contributed by atoms with Crippen LogP contribution in [0.3, 0.4) is 0 Å². The lowest BCUT2D eigenvalue weighted by Gasteiger charge is -2.11. The van der Waals surface area contributed by atoms with Gasteiger partial charge in [0.25, 0.3) is 0 Å². The van der Waals surface area contributed by atoms with Crippen LogP contribution in [0, 0.1) is 11.3 Å². The van der Waals surface area contributed by atoms with Gasteiger partial charge in [0, 0.05) is 16.5 Å². The van der Waals surface area contributed by atoms with Crippen molar-refractivity contribution in [3.05, 3.63) is 69.1 Å². The molecule has 5 nitrogen and oxygen atoms in total. The lowest BCUT2D eigenvalue weighted by Crippen LogP contribution is -2.01. The summed E-state index contributed by atoms with van der Waals surface area (Å²) in [6.07, 6.45) is 0. The Kier molecular flexibility index (Phi) is 6.53. The smallest absolute Gasteiger partial charge is 0.162 e. The topological polar surface area (TPSA) is 64.4 Å². The molecule has 3 aromatic rings. The molecule has 2 aromatic carbocycles. The van der Waals surface area contributed by atoms with Gasteiger partial charge in [0.05, 0.1) is 23.9 Å². The zero-order valence-corrected chi connectivity index (χ0v) is 16.2. The quantitative estimate of drug-likeness (QED) is 0.518. The summed E-state index contributed by atoms with van der Waals surface area (Å²) in [5.74, 6) is 1.88. The fourth-order valence-corrected chi connectivity index (χ4v) is 3.09. The maximum Gasteiger partial charge on any atom is 0.162 e. The second kappa shape index (κ2) is 9.26. The summed E-state index contributed by atoms with van der Waals surface area (Å²) in [6.45, 7) is 3.07. The Balaban J connectivity index is 1.58. The number of halogens is 1. The predicted octanol–water partition coefficient (Wildman–Crippen LogP) is 5.22. The van der Waals surface area contributed by atoms with E-state index in [0.717, 1.165) is 16.5 Å². The average Bonchev–Trinajstić information content (AvgIpc) is 3.14. The minimum atomic E-state index is 0.309. The fraction of sp³-hybridized carbons (Fsp3) is 0.200. The molecule has 0 atom stereocenters. The van der Waals surface area contributed by atoms with Crippen LogP contribution in [-0.4, -0.2) is 11.6 Å². The van der Waals surface area contributed by atoms with Gasteiger partial charge in [-0.05, 0) is 43.3 Å². The van der Waals surface area contributed by atoms with Crippen LogP contribution in [0.25, 0.3) is 0 Å². The molecular formula is C20H17ClN2O3S. The van der Waals surface area contributed by atoms with Gasteiger partial charge >= 0.3 is 0 Å². The second-order valence-electron chi connectivity index (χ2n) is 5.47. The van der Waals surface area contributed by atoms with Crippen LogP contribution in [0.15, 0.2) is 47.8 Å². The molecule has 27 heavy (non-hydrogen) atoms. The van der Waals surface area contributed by atoms with E-state index in [1.54, 1.807) is 30.3 Å². The lowest BCUT2D eigenvalue weighted by atomic mass is 10.2. The number of hydrogen-bond donors (Lipinski definition) is 0. The summed E-state index contributed by atoms with van der Waals surface area (Å²) in [6, 6.07) is 14.4. The normalized spacial score (nSPS) is 10.3. The number of aromatic nitrogens is 1. The van der Waals surface area contributed by atoms with Gasteiger partial charge in [-0.25, -0.2) is 4.98 Å². The molecule has 1 aromatic heterocycles. The molecule has 0 bridgehead atoms. The van der Waals surface area contributed by atoms with Crippen molar-refractivity contribution in [1.82, 2.24) is 4.98 Å². The van der Waals surface area contributed by atoms with E-state index in [9.17, 15) is 0 Å². The third kappa shape index (κ3) is 5.36. The summed E-state index contributed by atoms with van der Waals surface area (Å²) in [5, 5.41) is 12.5. The molecule has 0 aliphatic heterocycles. The number of nitriles is 1. The van der Waals surface area contributed by atoms with Crippen molar-refractivity contribution >= 4 is 22.9 Å². The fourth-order valence-electron chi connectivity index (χ4n) is 2.27. The molecule has 0 saturated heterocycles. The summed E-state index contributed by atoms with van der Waals surface area (Å²) in [7, 11) is 0. The van der Waals surface area contributed by atoms with Crippen LogP contribution in [-0.2, 0) is 13.2 Å². The van der Waals surface area contributed by atoms with Gasteiger partial charge in [-0.15, -0.1) is 11.3 Å². The Morgan fingerprint density at radius 3 is 2.59 bits per heavy atom. The maximum absolute atomic E-state index is 9.00. The summed E-state index contributed by atoms with van der Waals surface area (Å²) in [4.78, 5) is 4.52. The maximum atomic E-state index is 9.00. The molecule has 138 valence electrons. The first kappa shape index (κ1) is 19.0. The minimum Gasteiger partial charge on any atom is -0.490 e. The van der Waals surface area contributed by atoms with Crippen LogP contribution in [0.5, 0.6) is 17.2 Å². The Hall–Kier alpha value is -2.75. The third-order valence-electron chi connectivity index (χ3n) is 3.52. The highest BCUT2D eigenvalue weighted by Gasteiger charge is 2.09. The van der Waals surface area contributed by atoms with E-state index in [1.165, 1.54) is 11.3 Å². The highest BCUT2D eigenvalue weighted by molar-refractivity contribution is 7.09. The molecule has 7 heteroatoms. The zero-order valence-electron chi connectivity index (χ0n) is 14.6. The Labute approximate surface area is 166 Å². The molecule has 0 fully saturated rings. The standard InChI is InChI=1S/C20H17ClN2O3S/c1-2-24-19-9-14(10-22)3-8-18(19)26-11-16-13-27-20(23-16)12-25-17-6-4-15(21)5-7-17/h3-9,13H,2,11-12H2,1H3. The molecule has 1 heterocycles. The van der Waals surface area contributed by atoms with E-state index >= 15 is 0 Å².